The molecule has 1 saturated heterocycles. The van der Waals surface area contributed by atoms with Gasteiger partial charge in [0.1, 0.15) is 0 Å². The zero-order chi connectivity index (χ0) is 14.1. The van der Waals surface area contributed by atoms with Gasteiger partial charge in [-0.05, 0) is 0 Å². The number of rotatable bonds is 0. The molecule has 0 aromatic heterocycles. The summed E-state index contributed by atoms with van der Waals surface area (Å²) in [6.07, 6.45) is -12.1. The van der Waals surface area contributed by atoms with Crippen LogP contribution in [0.1, 0.15) is 0 Å². The molecule has 1 aliphatic rings. The quantitative estimate of drug-likeness (QED) is 0.642. The highest BCUT2D eigenvalue weighted by Crippen LogP contribution is 2.62. The average molecular weight is 296 g/mol. The van der Waals surface area contributed by atoms with Gasteiger partial charge in [0.25, 0.3) is 9.84 Å². The van der Waals surface area contributed by atoms with Gasteiger partial charge in [0.2, 0.25) is 6.17 Å². The lowest BCUT2D eigenvalue weighted by Crippen LogP contribution is -2.58. The van der Waals surface area contributed by atoms with E-state index in [2.05, 4.69) is 0 Å². The zero-order valence-corrected chi connectivity index (χ0v) is 8.02. The standard InChI is InChI=1S/C5HF9O2S/c6-1-2(7,4(10,11)12)5(13,14)17(15,16)3(1,8)9/h1H. The van der Waals surface area contributed by atoms with Crippen LogP contribution in [0.4, 0.5) is 39.5 Å². The number of hydrogen-bond donors (Lipinski definition) is 0. The summed E-state index contributed by atoms with van der Waals surface area (Å²) in [5.41, 5.74) is -6.48. The molecule has 0 aliphatic carbocycles. The average Bonchev–Trinajstić information content (AvgIpc) is 2.17. The van der Waals surface area contributed by atoms with Crippen molar-refractivity contribution in [3.63, 3.8) is 0 Å². The molecule has 1 fully saturated rings. The fourth-order valence-corrected chi connectivity index (χ4v) is 2.58. The Morgan fingerprint density at radius 3 is 1.41 bits per heavy atom. The number of hydrogen-bond acceptors (Lipinski definition) is 2. The first-order chi connectivity index (χ1) is 7.15. The molecule has 1 heterocycles. The molecule has 0 amide bonds. The van der Waals surface area contributed by atoms with Crippen LogP contribution in [0, 0.1) is 0 Å². The van der Waals surface area contributed by atoms with Crippen molar-refractivity contribution in [2.75, 3.05) is 0 Å². The summed E-state index contributed by atoms with van der Waals surface area (Å²) in [4.78, 5) is 0. The van der Waals surface area contributed by atoms with Crippen molar-refractivity contribution in [2.45, 2.75) is 28.5 Å². The normalized spacial score (nSPS) is 39.2. The van der Waals surface area contributed by atoms with Crippen LogP contribution in [-0.2, 0) is 9.84 Å². The fourth-order valence-electron chi connectivity index (χ4n) is 1.19. The molecule has 2 unspecified atom stereocenters. The lowest BCUT2D eigenvalue weighted by atomic mass is 10.0. The largest absolute Gasteiger partial charge is 0.432 e. The topological polar surface area (TPSA) is 34.1 Å². The molecular formula is C5HF9O2S. The van der Waals surface area contributed by atoms with Crippen LogP contribution in [0.3, 0.4) is 0 Å². The van der Waals surface area contributed by atoms with Crippen LogP contribution < -0.4 is 0 Å². The van der Waals surface area contributed by atoms with Gasteiger partial charge in [0, 0.05) is 0 Å². The van der Waals surface area contributed by atoms with Crippen molar-refractivity contribution >= 4 is 9.84 Å². The van der Waals surface area contributed by atoms with E-state index in [9.17, 15) is 47.9 Å². The zero-order valence-electron chi connectivity index (χ0n) is 7.20. The van der Waals surface area contributed by atoms with E-state index in [1.807, 2.05) is 0 Å². The summed E-state index contributed by atoms with van der Waals surface area (Å²) in [5.74, 6) is 0. The Kier molecular flexibility index (Phi) is 2.54. The van der Waals surface area contributed by atoms with E-state index in [4.69, 9.17) is 0 Å². The molecule has 1 rings (SSSR count). The Labute approximate surface area is 87.3 Å². The van der Waals surface area contributed by atoms with Crippen LogP contribution in [-0.4, -0.2) is 36.9 Å². The first-order valence-electron chi connectivity index (χ1n) is 3.55. The van der Waals surface area contributed by atoms with E-state index in [1.165, 1.54) is 0 Å². The van der Waals surface area contributed by atoms with Gasteiger partial charge in [-0.1, -0.05) is 0 Å². The molecule has 0 spiro atoms. The monoisotopic (exact) mass is 296 g/mol. The summed E-state index contributed by atoms with van der Waals surface area (Å²) >= 11 is 0. The highest BCUT2D eigenvalue weighted by atomic mass is 32.2. The molecule has 2 nitrogen and oxygen atoms in total. The molecule has 1 aliphatic heterocycles. The number of alkyl halides is 9. The maximum Gasteiger partial charge on any atom is 0.432 e. The van der Waals surface area contributed by atoms with Gasteiger partial charge in [0.05, 0.1) is 0 Å². The van der Waals surface area contributed by atoms with E-state index in [-0.39, 0.29) is 0 Å². The number of sulfone groups is 1. The van der Waals surface area contributed by atoms with Gasteiger partial charge in [-0.2, -0.15) is 30.7 Å². The van der Waals surface area contributed by atoms with Gasteiger partial charge in [-0.15, -0.1) is 0 Å². The lowest BCUT2D eigenvalue weighted by Gasteiger charge is -2.27. The summed E-state index contributed by atoms with van der Waals surface area (Å²) < 4.78 is 132. The van der Waals surface area contributed by atoms with E-state index < -0.39 is 38.4 Å². The van der Waals surface area contributed by atoms with Crippen molar-refractivity contribution in [1.29, 1.82) is 0 Å². The molecule has 0 aromatic rings. The molecule has 0 bridgehead atoms. The summed E-state index contributed by atoms with van der Waals surface area (Å²) in [7, 11) is -7.28. The van der Waals surface area contributed by atoms with Crippen molar-refractivity contribution in [2.24, 2.45) is 0 Å². The Morgan fingerprint density at radius 2 is 1.29 bits per heavy atom. The summed E-state index contributed by atoms with van der Waals surface area (Å²) in [5, 5.41) is -12.8. The van der Waals surface area contributed by atoms with Crippen LogP contribution in [0.2, 0.25) is 0 Å². The Hall–Kier alpha value is -0.680. The van der Waals surface area contributed by atoms with Gasteiger partial charge in [-0.3, -0.25) is 0 Å². The molecule has 2 atom stereocenters. The van der Waals surface area contributed by atoms with Crippen LogP contribution >= 0.6 is 0 Å². The highest BCUT2D eigenvalue weighted by molar-refractivity contribution is 7.94. The molecule has 0 N–H and O–H groups in total. The van der Waals surface area contributed by atoms with Crippen LogP contribution in [0.25, 0.3) is 0 Å². The minimum absolute atomic E-state index is 5.24. The maximum atomic E-state index is 12.9. The number of halogens is 9. The minimum Gasteiger partial charge on any atom is -0.235 e. The fraction of sp³-hybridized carbons (Fsp3) is 1.00. The van der Waals surface area contributed by atoms with Crippen LogP contribution in [0.15, 0.2) is 0 Å². The first-order valence-corrected chi connectivity index (χ1v) is 5.03. The lowest BCUT2D eigenvalue weighted by molar-refractivity contribution is -0.300. The SMILES string of the molecule is O=S1(=O)C(F)(F)C(F)C(F)(C(F)(F)F)C1(F)F. The van der Waals surface area contributed by atoms with Crippen molar-refractivity contribution < 1.29 is 47.9 Å². The maximum absolute atomic E-state index is 12.9. The molecule has 0 saturated carbocycles. The predicted molar refractivity (Wildman–Crippen MR) is 33.6 cm³/mol. The van der Waals surface area contributed by atoms with Crippen molar-refractivity contribution in [1.82, 2.24) is 0 Å². The van der Waals surface area contributed by atoms with Crippen LogP contribution in [0.5, 0.6) is 0 Å². The van der Waals surface area contributed by atoms with Gasteiger partial charge in [-0.25, -0.2) is 17.2 Å². The molecule has 12 heteroatoms. The highest BCUT2D eigenvalue weighted by Gasteiger charge is 2.94. The van der Waals surface area contributed by atoms with Crippen molar-refractivity contribution in [3.05, 3.63) is 0 Å². The van der Waals surface area contributed by atoms with E-state index in [0.29, 0.717) is 0 Å². The smallest absolute Gasteiger partial charge is 0.235 e. The Morgan fingerprint density at radius 1 is 0.941 bits per heavy atom. The molecule has 0 radical (unpaired) electrons. The Bertz CT molecular complexity index is 437. The molecule has 0 aromatic carbocycles. The third-order valence-electron chi connectivity index (χ3n) is 2.18. The van der Waals surface area contributed by atoms with E-state index in [1.54, 1.807) is 0 Å². The third-order valence-corrected chi connectivity index (χ3v) is 4.07. The molecule has 17 heavy (non-hydrogen) atoms. The summed E-state index contributed by atoms with van der Waals surface area (Å²) in [6.45, 7) is 0. The van der Waals surface area contributed by atoms with Gasteiger partial charge >= 0.3 is 22.4 Å². The molecular weight excluding hydrogens is 295 g/mol. The van der Waals surface area contributed by atoms with Crippen molar-refractivity contribution in [3.8, 4) is 0 Å². The minimum atomic E-state index is -7.28. The Balaban J connectivity index is 3.70. The predicted octanol–water partition coefficient (Wildman–Crippen LogP) is 2.21. The first kappa shape index (κ1) is 14.4. The van der Waals surface area contributed by atoms with E-state index in [0.717, 1.165) is 0 Å². The van der Waals surface area contributed by atoms with Gasteiger partial charge < -0.3 is 0 Å². The summed E-state index contributed by atoms with van der Waals surface area (Å²) in [6, 6.07) is 0. The second kappa shape index (κ2) is 3.01. The molecule has 102 valence electrons. The second-order valence-corrected chi connectivity index (χ2v) is 5.22. The second-order valence-electron chi connectivity index (χ2n) is 3.15. The van der Waals surface area contributed by atoms with Gasteiger partial charge in [0.15, 0.2) is 0 Å². The van der Waals surface area contributed by atoms with E-state index >= 15 is 0 Å². The third kappa shape index (κ3) is 1.21.